The van der Waals surface area contributed by atoms with Crippen LogP contribution in [0.2, 0.25) is 0 Å². The van der Waals surface area contributed by atoms with Crippen LogP contribution in [0.5, 0.6) is 0 Å². The summed E-state index contributed by atoms with van der Waals surface area (Å²) >= 11 is 1.27. The summed E-state index contributed by atoms with van der Waals surface area (Å²) in [4.78, 5) is 0. The largest absolute Gasteiger partial charge is 0 e. The molecule has 0 saturated carbocycles. The Labute approximate surface area is 96.2 Å². The molecule has 1 unspecified atom stereocenters. The Bertz CT molecular complexity index is 8.00. The Morgan fingerprint density at radius 2 is 1.25 bits per heavy atom. The van der Waals surface area contributed by atoms with Crippen LogP contribution in [0.15, 0.2) is 0 Å². The Kier molecular flexibility index (Phi) is 63.0. The molecule has 0 spiro atoms. The van der Waals surface area contributed by atoms with Crippen molar-refractivity contribution in [2.24, 2.45) is 0 Å². The van der Waals surface area contributed by atoms with E-state index in [-0.39, 0.29) is 69.9 Å². The van der Waals surface area contributed by atoms with Gasteiger partial charge >= 0.3 is 80.3 Å². The molecule has 19 valence electrons. The monoisotopic (exact) mass is 245 g/mol. The van der Waals surface area contributed by atoms with E-state index in [9.17, 15) is 0 Å². The van der Waals surface area contributed by atoms with Gasteiger partial charge in [0, 0.05) is 18.6 Å². The number of hydrogen-bond donors (Lipinski definition) is 0. The van der Waals surface area contributed by atoms with E-state index in [1.165, 1.54) is 22.0 Å². The molecule has 0 amide bonds. The van der Waals surface area contributed by atoms with Crippen LogP contribution in [0.3, 0.4) is 0 Å². The van der Waals surface area contributed by atoms with E-state index in [1.54, 1.807) is 0 Å². The Morgan fingerprint density at radius 3 is 1.25 bits per heavy atom. The molecule has 0 aromatic heterocycles. The molecule has 0 bridgehead atoms. The average molecular weight is 244 g/mol. The van der Waals surface area contributed by atoms with Crippen molar-refractivity contribution in [3.05, 3.63) is 0 Å². The second-order valence-corrected chi connectivity index (χ2v) is 0. The van der Waals surface area contributed by atoms with Gasteiger partial charge in [0.15, 0.2) is 0 Å². The molecule has 4 heteroatoms. The summed E-state index contributed by atoms with van der Waals surface area (Å²) in [5.41, 5.74) is 0. The maximum Gasteiger partial charge on any atom is 0 e. The van der Waals surface area contributed by atoms with Crippen LogP contribution in [0.4, 0.5) is 0 Å². The van der Waals surface area contributed by atoms with Crippen LogP contribution < -0.4 is 0 Å². The molecular formula is H4KPSnV. The van der Waals surface area contributed by atoms with E-state index >= 15 is 0 Å². The van der Waals surface area contributed by atoms with Gasteiger partial charge in [-0.15, -0.1) is 0 Å². The minimum absolute atomic E-state index is 0. The summed E-state index contributed by atoms with van der Waals surface area (Å²) in [6, 6.07) is 0. The topological polar surface area (TPSA) is 0 Å². The molecule has 0 rings (SSSR count). The maximum absolute atomic E-state index is 2.55. The SMILES string of the molecule is [KH].[PH2][SnH].[V]. The van der Waals surface area contributed by atoms with Gasteiger partial charge in [-0.25, -0.2) is 0 Å². The second kappa shape index (κ2) is 16.1. The molecule has 0 aromatic rings. The third-order valence-corrected chi connectivity index (χ3v) is 0. The predicted molar refractivity (Wildman–Crippen MR) is 24.0 cm³/mol. The first-order chi connectivity index (χ1) is 1.00. The zero-order chi connectivity index (χ0) is 2.00. The molecule has 0 aliphatic heterocycles. The molecule has 0 aromatic carbocycles. The van der Waals surface area contributed by atoms with E-state index < -0.39 is 0 Å². The molecule has 1 atom stereocenters. The van der Waals surface area contributed by atoms with Crippen LogP contribution in [-0.4, -0.2) is 73.4 Å². The standard InChI is InChI=1S/K.H2P.Sn.V.2H/h;1H2;;;;/q;-1;+1;;;. The van der Waals surface area contributed by atoms with Gasteiger partial charge in [0.2, 0.25) is 0 Å². The summed E-state index contributed by atoms with van der Waals surface area (Å²) in [5, 5.41) is 0. The van der Waals surface area contributed by atoms with Gasteiger partial charge in [0.25, 0.3) is 0 Å². The third kappa shape index (κ3) is 9.07. The fraction of sp³-hybridized carbons (Fsp3) is 0. The molecule has 0 nitrogen and oxygen atoms in total. The molecule has 0 aliphatic carbocycles. The number of rotatable bonds is 0. The van der Waals surface area contributed by atoms with Gasteiger partial charge in [0.1, 0.15) is 0 Å². The van der Waals surface area contributed by atoms with E-state index in [0.29, 0.717) is 0 Å². The molecule has 0 saturated heterocycles. The Hall–Kier alpha value is 3.45. The van der Waals surface area contributed by atoms with Gasteiger partial charge in [-0.2, -0.15) is 0 Å². The molecular weight excluding hydrogens is 240 g/mol. The van der Waals surface area contributed by atoms with E-state index in [1.807, 2.05) is 0 Å². The quantitative estimate of drug-likeness (QED) is 0.379. The van der Waals surface area contributed by atoms with Crippen LogP contribution in [0.25, 0.3) is 0 Å². The first kappa shape index (κ1) is 15.7. The van der Waals surface area contributed by atoms with Crippen molar-refractivity contribution in [2.45, 2.75) is 0 Å². The summed E-state index contributed by atoms with van der Waals surface area (Å²) < 4.78 is 0. The van der Waals surface area contributed by atoms with Crippen molar-refractivity contribution in [1.82, 2.24) is 0 Å². The van der Waals surface area contributed by atoms with Gasteiger partial charge in [-0.1, -0.05) is 0 Å². The third-order valence-electron chi connectivity index (χ3n) is 0. The zero-order valence-electron chi connectivity index (χ0n) is 1.60. The fourth-order valence-electron chi connectivity index (χ4n) is 0. The van der Waals surface area contributed by atoms with Gasteiger partial charge in [0.05, 0.1) is 0 Å². The van der Waals surface area contributed by atoms with Crippen LogP contribution in [-0.2, 0) is 18.6 Å². The van der Waals surface area contributed by atoms with Crippen molar-refractivity contribution in [3.63, 3.8) is 0 Å². The molecule has 0 N–H and O–H groups in total. The van der Waals surface area contributed by atoms with Crippen molar-refractivity contribution >= 4 is 80.3 Å². The van der Waals surface area contributed by atoms with Gasteiger partial charge < -0.3 is 0 Å². The first-order valence-electron chi connectivity index (χ1n) is 0.333. The van der Waals surface area contributed by atoms with Crippen LogP contribution in [0.1, 0.15) is 0 Å². The minimum Gasteiger partial charge on any atom is 0 e. The molecule has 4 heavy (non-hydrogen) atoms. The van der Waals surface area contributed by atoms with Crippen molar-refractivity contribution in [3.8, 4) is 0 Å². The van der Waals surface area contributed by atoms with E-state index in [2.05, 4.69) is 6.89 Å². The summed E-state index contributed by atoms with van der Waals surface area (Å²) in [6.45, 7) is 2.55. The average Bonchev–Trinajstić information content (AvgIpc) is 1.00. The number of hydrogen-bond acceptors (Lipinski definition) is 0. The predicted octanol–water partition coefficient (Wildman–Crippen LogP) is -0.974. The normalized spacial score (nSPS) is 1.50. The van der Waals surface area contributed by atoms with Crippen molar-refractivity contribution in [1.29, 1.82) is 0 Å². The van der Waals surface area contributed by atoms with Gasteiger partial charge in [-0.05, 0) is 0 Å². The fourth-order valence-corrected chi connectivity index (χ4v) is 0. The van der Waals surface area contributed by atoms with Gasteiger partial charge in [-0.3, -0.25) is 0 Å². The summed E-state index contributed by atoms with van der Waals surface area (Å²) in [7, 11) is 0. The smallest absolute Gasteiger partial charge is 0 e. The van der Waals surface area contributed by atoms with Crippen molar-refractivity contribution in [2.75, 3.05) is 0 Å². The minimum atomic E-state index is 0. The Balaban J connectivity index is -0.00000000500. The van der Waals surface area contributed by atoms with E-state index in [4.69, 9.17) is 0 Å². The maximum atomic E-state index is 2.55. The molecule has 0 aliphatic rings. The second-order valence-electron chi connectivity index (χ2n) is 0. The van der Waals surface area contributed by atoms with Crippen LogP contribution >= 0.6 is 6.89 Å². The summed E-state index contributed by atoms with van der Waals surface area (Å²) in [6.07, 6.45) is 0. The molecule has 0 heterocycles. The summed E-state index contributed by atoms with van der Waals surface area (Å²) in [5.74, 6) is 0. The van der Waals surface area contributed by atoms with Crippen LogP contribution in [0, 0.1) is 0 Å². The van der Waals surface area contributed by atoms with Crippen molar-refractivity contribution < 1.29 is 18.6 Å². The Morgan fingerprint density at radius 1 is 1.25 bits per heavy atom. The molecule has 0 fully saturated rings. The first-order valence-corrected chi connectivity index (χ1v) is 6.71. The zero-order valence-corrected chi connectivity index (χ0v) is 7.45. The molecule has 3 radical (unpaired) electrons. The van der Waals surface area contributed by atoms with E-state index in [0.717, 1.165) is 0 Å².